The number of benzene rings is 1. The van der Waals surface area contributed by atoms with Gasteiger partial charge in [0, 0.05) is 20.1 Å². The van der Waals surface area contributed by atoms with Crippen LogP contribution in [0.25, 0.3) is 5.57 Å². The van der Waals surface area contributed by atoms with E-state index in [1.807, 2.05) is 18.2 Å². The molecule has 0 saturated heterocycles. The molecular formula is C16H14Cl2N2O. The monoisotopic (exact) mass is 320 g/mol. The van der Waals surface area contributed by atoms with Crippen LogP contribution in [0.3, 0.4) is 0 Å². The molecule has 1 aliphatic heterocycles. The van der Waals surface area contributed by atoms with Crippen LogP contribution in [0.5, 0.6) is 0 Å². The Bertz CT molecular complexity index is 719. The summed E-state index contributed by atoms with van der Waals surface area (Å²) in [5.41, 5.74) is 2.82. The van der Waals surface area contributed by atoms with Crippen LogP contribution in [0.15, 0.2) is 42.5 Å². The highest BCUT2D eigenvalue weighted by Crippen LogP contribution is 2.28. The highest BCUT2D eigenvalue weighted by atomic mass is 35.5. The van der Waals surface area contributed by atoms with Gasteiger partial charge in [0.05, 0.1) is 5.02 Å². The predicted molar refractivity (Wildman–Crippen MR) is 85.8 cm³/mol. The minimum absolute atomic E-state index is 0.0616. The van der Waals surface area contributed by atoms with Gasteiger partial charge in [-0.05, 0) is 17.2 Å². The number of halogens is 2. The van der Waals surface area contributed by atoms with Gasteiger partial charge >= 0.3 is 0 Å². The lowest BCUT2D eigenvalue weighted by molar-refractivity contribution is 0.0792. The van der Waals surface area contributed by atoms with E-state index in [1.165, 1.54) is 0 Å². The van der Waals surface area contributed by atoms with Crippen LogP contribution in [-0.4, -0.2) is 28.5 Å². The number of carbonyl (C=O) groups is 1. The van der Waals surface area contributed by atoms with E-state index in [1.54, 1.807) is 22.6 Å². The first-order valence-electron chi connectivity index (χ1n) is 6.62. The van der Waals surface area contributed by atoms with Crippen molar-refractivity contribution in [3.8, 4) is 0 Å². The molecule has 3 rings (SSSR count). The average molecular weight is 321 g/mol. The fraction of sp³-hybridized carbons (Fsp3) is 0.188. The number of rotatable bonds is 2. The Morgan fingerprint density at radius 1 is 1.19 bits per heavy atom. The van der Waals surface area contributed by atoms with Crippen LogP contribution in [0.2, 0.25) is 10.2 Å². The van der Waals surface area contributed by atoms with Gasteiger partial charge in [-0.2, -0.15) is 0 Å². The standard InChI is InChI=1S/C16H14Cl2N2O/c1-19-14(9-13(17)15(19)18)16(21)20-8-7-12(10-20)11-5-3-2-4-6-11/h2-7,9H,8,10H2,1H3. The molecule has 0 bridgehead atoms. The minimum atomic E-state index is -0.0616. The molecule has 5 heteroatoms. The zero-order valence-corrected chi connectivity index (χ0v) is 13.0. The van der Waals surface area contributed by atoms with E-state index >= 15 is 0 Å². The summed E-state index contributed by atoms with van der Waals surface area (Å²) in [6.07, 6.45) is 2.08. The molecule has 0 radical (unpaired) electrons. The number of hydrogen-bond donors (Lipinski definition) is 0. The summed E-state index contributed by atoms with van der Waals surface area (Å²) < 4.78 is 1.62. The third kappa shape index (κ3) is 2.59. The molecule has 1 amide bonds. The van der Waals surface area contributed by atoms with Gasteiger partial charge in [0.2, 0.25) is 0 Å². The van der Waals surface area contributed by atoms with Crippen molar-refractivity contribution in [3.05, 3.63) is 63.9 Å². The summed E-state index contributed by atoms with van der Waals surface area (Å²) >= 11 is 12.0. The van der Waals surface area contributed by atoms with Gasteiger partial charge in [-0.1, -0.05) is 59.6 Å². The van der Waals surface area contributed by atoms with E-state index in [2.05, 4.69) is 18.2 Å². The molecule has 21 heavy (non-hydrogen) atoms. The second-order valence-corrected chi connectivity index (χ2v) is 5.77. The number of hydrogen-bond acceptors (Lipinski definition) is 1. The topological polar surface area (TPSA) is 25.2 Å². The van der Waals surface area contributed by atoms with Gasteiger partial charge in [-0.3, -0.25) is 4.79 Å². The maximum Gasteiger partial charge on any atom is 0.271 e. The molecule has 3 nitrogen and oxygen atoms in total. The Kier molecular flexibility index (Phi) is 3.79. The fourth-order valence-corrected chi connectivity index (χ4v) is 2.86. The molecule has 0 saturated carbocycles. The summed E-state index contributed by atoms with van der Waals surface area (Å²) in [6, 6.07) is 11.7. The predicted octanol–water partition coefficient (Wildman–Crippen LogP) is 3.87. The van der Waals surface area contributed by atoms with E-state index < -0.39 is 0 Å². The van der Waals surface area contributed by atoms with Crippen LogP contribution in [0.1, 0.15) is 16.1 Å². The van der Waals surface area contributed by atoms with Crippen molar-refractivity contribution >= 4 is 34.7 Å². The molecule has 0 fully saturated rings. The summed E-state index contributed by atoms with van der Waals surface area (Å²) in [6.45, 7) is 1.20. The summed E-state index contributed by atoms with van der Waals surface area (Å²) in [4.78, 5) is 14.3. The van der Waals surface area contributed by atoms with Gasteiger partial charge in [-0.15, -0.1) is 0 Å². The zero-order chi connectivity index (χ0) is 15.0. The Labute approximate surface area is 133 Å². The largest absolute Gasteiger partial charge is 0.329 e. The molecule has 0 spiro atoms. The molecule has 1 aromatic heterocycles. The third-order valence-electron chi connectivity index (χ3n) is 3.69. The Balaban J connectivity index is 1.79. The van der Waals surface area contributed by atoms with Crippen LogP contribution >= 0.6 is 23.2 Å². The molecule has 0 atom stereocenters. The second kappa shape index (κ2) is 5.58. The maximum absolute atomic E-state index is 12.6. The first kappa shape index (κ1) is 14.2. The SMILES string of the molecule is Cn1c(C(=O)N2CC=C(c3ccccc3)C2)cc(Cl)c1Cl. The van der Waals surface area contributed by atoms with Gasteiger partial charge < -0.3 is 9.47 Å². The zero-order valence-electron chi connectivity index (χ0n) is 11.5. The molecule has 2 heterocycles. The third-order valence-corrected chi connectivity index (χ3v) is 4.53. The fourth-order valence-electron chi connectivity index (χ4n) is 2.48. The molecule has 1 aromatic carbocycles. The molecule has 0 N–H and O–H groups in total. The highest BCUT2D eigenvalue weighted by Gasteiger charge is 2.25. The van der Waals surface area contributed by atoms with Crippen molar-refractivity contribution in [2.24, 2.45) is 7.05 Å². The Morgan fingerprint density at radius 3 is 2.52 bits per heavy atom. The second-order valence-electron chi connectivity index (χ2n) is 5.01. The van der Waals surface area contributed by atoms with Crippen molar-refractivity contribution in [2.45, 2.75) is 0 Å². The Morgan fingerprint density at radius 2 is 1.90 bits per heavy atom. The first-order valence-corrected chi connectivity index (χ1v) is 7.38. The summed E-state index contributed by atoms with van der Waals surface area (Å²) in [5, 5.41) is 0.786. The maximum atomic E-state index is 12.6. The molecular weight excluding hydrogens is 307 g/mol. The van der Waals surface area contributed by atoms with Crippen LogP contribution in [0, 0.1) is 0 Å². The van der Waals surface area contributed by atoms with Crippen LogP contribution < -0.4 is 0 Å². The van der Waals surface area contributed by atoms with Crippen molar-refractivity contribution in [1.82, 2.24) is 9.47 Å². The molecule has 108 valence electrons. The molecule has 0 unspecified atom stereocenters. The smallest absolute Gasteiger partial charge is 0.271 e. The number of amides is 1. The van der Waals surface area contributed by atoms with E-state index in [0.717, 1.165) is 11.1 Å². The molecule has 1 aliphatic rings. The lowest BCUT2D eigenvalue weighted by Gasteiger charge is -2.17. The van der Waals surface area contributed by atoms with Gasteiger partial charge in [-0.25, -0.2) is 0 Å². The Hall–Kier alpha value is -1.71. The highest BCUT2D eigenvalue weighted by molar-refractivity contribution is 6.41. The van der Waals surface area contributed by atoms with Gasteiger partial charge in [0.25, 0.3) is 5.91 Å². The molecule has 0 aliphatic carbocycles. The van der Waals surface area contributed by atoms with E-state index in [4.69, 9.17) is 23.2 Å². The number of aromatic nitrogens is 1. The lowest BCUT2D eigenvalue weighted by atomic mass is 10.1. The minimum Gasteiger partial charge on any atom is -0.329 e. The summed E-state index contributed by atoms with van der Waals surface area (Å²) in [7, 11) is 1.74. The van der Waals surface area contributed by atoms with Crippen molar-refractivity contribution in [2.75, 3.05) is 13.1 Å². The van der Waals surface area contributed by atoms with E-state index in [0.29, 0.717) is 29.0 Å². The molecule has 2 aromatic rings. The average Bonchev–Trinajstić information content (AvgIpc) is 3.09. The van der Waals surface area contributed by atoms with Crippen LogP contribution in [0.4, 0.5) is 0 Å². The summed E-state index contributed by atoms with van der Waals surface area (Å²) in [5.74, 6) is -0.0616. The quantitative estimate of drug-likeness (QED) is 0.824. The van der Waals surface area contributed by atoms with Gasteiger partial charge in [0.15, 0.2) is 0 Å². The van der Waals surface area contributed by atoms with Gasteiger partial charge in [0.1, 0.15) is 10.8 Å². The van der Waals surface area contributed by atoms with Crippen molar-refractivity contribution in [3.63, 3.8) is 0 Å². The van der Waals surface area contributed by atoms with E-state index in [9.17, 15) is 4.79 Å². The number of nitrogens with zero attached hydrogens (tertiary/aromatic N) is 2. The van der Waals surface area contributed by atoms with Crippen molar-refractivity contribution < 1.29 is 4.79 Å². The van der Waals surface area contributed by atoms with E-state index in [-0.39, 0.29) is 5.91 Å². The van der Waals surface area contributed by atoms with Crippen LogP contribution in [-0.2, 0) is 7.05 Å². The van der Waals surface area contributed by atoms with Crippen molar-refractivity contribution in [1.29, 1.82) is 0 Å². The number of carbonyl (C=O) groups excluding carboxylic acids is 1. The normalized spacial score (nSPS) is 14.4. The lowest BCUT2D eigenvalue weighted by Crippen LogP contribution is -2.30. The first-order chi connectivity index (χ1) is 10.1.